The minimum absolute atomic E-state index is 1.10. The molecule has 1 heterocycles. The van der Waals surface area contributed by atoms with Gasteiger partial charge in [-0.1, -0.05) is 97.1 Å². The quantitative estimate of drug-likeness (QED) is 0.296. The molecule has 0 radical (unpaired) electrons. The second kappa shape index (κ2) is 7.99. The van der Waals surface area contributed by atoms with Crippen LogP contribution in [0.5, 0.6) is 0 Å². The number of thiophene rings is 1. The maximum atomic E-state index is 3.60. The Labute approximate surface area is 191 Å². The van der Waals surface area contributed by atoms with Crippen molar-refractivity contribution in [2.45, 2.75) is 0 Å². The van der Waals surface area contributed by atoms with E-state index in [2.05, 4.69) is 127 Å². The van der Waals surface area contributed by atoms with Gasteiger partial charge in [-0.2, -0.15) is 0 Å². The first-order chi connectivity index (χ1) is 15.8. The van der Waals surface area contributed by atoms with Crippen LogP contribution in [0.2, 0.25) is 0 Å². The summed E-state index contributed by atoms with van der Waals surface area (Å²) in [7, 11) is 0. The highest BCUT2D eigenvalue weighted by molar-refractivity contribution is 7.23. The summed E-state index contributed by atoms with van der Waals surface area (Å²) >= 11 is 1.86. The highest BCUT2D eigenvalue weighted by Gasteiger charge is 2.16. The van der Waals surface area contributed by atoms with E-state index in [1.54, 1.807) is 0 Å². The molecule has 0 aliphatic carbocycles. The van der Waals surface area contributed by atoms with E-state index in [1.165, 1.54) is 42.4 Å². The third kappa shape index (κ3) is 3.45. The van der Waals surface area contributed by atoms with Gasteiger partial charge >= 0.3 is 0 Å². The van der Waals surface area contributed by atoms with Gasteiger partial charge in [0.2, 0.25) is 0 Å². The molecule has 152 valence electrons. The summed E-state index contributed by atoms with van der Waals surface area (Å²) in [6.07, 6.45) is 0. The SMILES string of the molecule is c1ccc(-c2sc3cc(Nc4ccc5ccccc5c4)ccc3c2-c2ccccc2)cc1. The van der Waals surface area contributed by atoms with Gasteiger partial charge in [0.15, 0.2) is 0 Å². The van der Waals surface area contributed by atoms with Crippen molar-refractivity contribution in [2.24, 2.45) is 0 Å². The van der Waals surface area contributed by atoms with E-state index in [4.69, 9.17) is 0 Å². The van der Waals surface area contributed by atoms with Crippen LogP contribution in [0.15, 0.2) is 121 Å². The van der Waals surface area contributed by atoms with Crippen molar-refractivity contribution < 1.29 is 0 Å². The molecule has 1 N–H and O–H groups in total. The number of fused-ring (bicyclic) bond motifs is 2. The fraction of sp³-hybridized carbons (Fsp3) is 0. The smallest absolute Gasteiger partial charge is 0.0433 e. The lowest BCUT2D eigenvalue weighted by Crippen LogP contribution is -1.89. The third-order valence-corrected chi connectivity index (χ3v) is 7.03. The van der Waals surface area contributed by atoms with Gasteiger partial charge in [-0.3, -0.25) is 0 Å². The molecular formula is C30H21NS. The zero-order valence-corrected chi connectivity index (χ0v) is 18.3. The van der Waals surface area contributed by atoms with Crippen LogP contribution >= 0.6 is 11.3 Å². The number of benzene rings is 5. The molecule has 0 bridgehead atoms. The van der Waals surface area contributed by atoms with Crippen LogP contribution in [-0.2, 0) is 0 Å². The lowest BCUT2D eigenvalue weighted by atomic mass is 9.99. The van der Waals surface area contributed by atoms with Crippen LogP contribution in [0.3, 0.4) is 0 Å². The summed E-state index contributed by atoms with van der Waals surface area (Å²) in [5.74, 6) is 0. The molecule has 0 saturated heterocycles. The Morgan fingerprint density at radius 3 is 1.91 bits per heavy atom. The van der Waals surface area contributed by atoms with Crippen LogP contribution in [0.25, 0.3) is 42.4 Å². The van der Waals surface area contributed by atoms with E-state index in [1.807, 2.05) is 11.3 Å². The Hall–Kier alpha value is -3.88. The average Bonchev–Trinajstić information content (AvgIpc) is 3.24. The first-order valence-corrected chi connectivity index (χ1v) is 11.6. The first-order valence-electron chi connectivity index (χ1n) is 10.8. The lowest BCUT2D eigenvalue weighted by molar-refractivity contribution is 1.59. The van der Waals surface area contributed by atoms with E-state index in [0.29, 0.717) is 0 Å². The van der Waals surface area contributed by atoms with Gasteiger partial charge in [0.05, 0.1) is 0 Å². The van der Waals surface area contributed by atoms with E-state index < -0.39 is 0 Å². The van der Waals surface area contributed by atoms with Crippen LogP contribution in [-0.4, -0.2) is 0 Å². The third-order valence-electron chi connectivity index (χ3n) is 5.83. The van der Waals surface area contributed by atoms with Gasteiger partial charge in [0.1, 0.15) is 0 Å². The second-order valence-corrected chi connectivity index (χ2v) is 8.99. The molecule has 0 unspecified atom stereocenters. The maximum Gasteiger partial charge on any atom is 0.0433 e. The molecule has 32 heavy (non-hydrogen) atoms. The van der Waals surface area contributed by atoms with Gasteiger partial charge in [0.25, 0.3) is 0 Å². The molecule has 0 atom stereocenters. The van der Waals surface area contributed by atoms with Gasteiger partial charge in [-0.25, -0.2) is 0 Å². The molecule has 0 amide bonds. The highest BCUT2D eigenvalue weighted by Crippen LogP contribution is 2.45. The van der Waals surface area contributed by atoms with Crippen molar-refractivity contribution in [1.29, 1.82) is 0 Å². The van der Waals surface area contributed by atoms with Gasteiger partial charge < -0.3 is 5.32 Å². The van der Waals surface area contributed by atoms with Crippen molar-refractivity contribution in [3.8, 4) is 21.6 Å². The Morgan fingerprint density at radius 2 is 1.12 bits per heavy atom. The number of hydrogen-bond donors (Lipinski definition) is 1. The van der Waals surface area contributed by atoms with Gasteiger partial charge in [0, 0.05) is 31.9 Å². The summed E-state index contributed by atoms with van der Waals surface area (Å²) in [4.78, 5) is 1.31. The number of nitrogens with one attached hydrogen (secondary N) is 1. The van der Waals surface area contributed by atoms with E-state index >= 15 is 0 Å². The molecule has 2 heteroatoms. The zero-order valence-electron chi connectivity index (χ0n) is 17.5. The normalized spacial score (nSPS) is 11.1. The fourth-order valence-electron chi connectivity index (χ4n) is 4.29. The predicted octanol–water partition coefficient (Wildman–Crippen LogP) is 9.13. The molecule has 6 rings (SSSR count). The second-order valence-electron chi connectivity index (χ2n) is 7.94. The Bertz CT molecular complexity index is 1530. The fourth-order valence-corrected chi connectivity index (χ4v) is 5.56. The molecule has 0 spiro atoms. The van der Waals surface area contributed by atoms with Gasteiger partial charge in [-0.05, 0) is 46.2 Å². The van der Waals surface area contributed by atoms with E-state index in [9.17, 15) is 0 Å². The van der Waals surface area contributed by atoms with Crippen molar-refractivity contribution in [1.82, 2.24) is 0 Å². The van der Waals surface area contributed by atoms with Crippen molar-refractivity contribution in [3.05, 3.63) is 121 Å². The molecular weight excluding hydrogens is 406 g/mol. The van der Waals surface area contributed by atoms with Crippen LogP contribution in [0, 0.1) is 0 Å². The van der Waals surface area contributed by atoms with Crippen molar-refractivity contribution in [3.63, 3.8) is 0 Å². The maximum absolute atomic E-state index is 3.60. The molecule has 6 aromatic rings. The van der Waals surface area contributed by atoms with Crippen LogP contribution < -0.4 is 5.32 Å². The first kappa shape index (κ1) is 18.9. The predicted molar refractivity (Wildman–Crippen MR) is 140 cm³/mol. The lowest BCUT2D eigenvalue weighted by Gasteiger charge is -2.09. The Kier molecular flexibility index (Phi) is 4.71. The minimum atomic E-state index is 1.10. The number of hydrogen-bond acceptors (Lipinski definition) is 2. The molecule has 0 aliphatic rings. The van der Waals surface area contributed by atoms with Crippen LogP contribution in [0.1, 0.15) is 0 Å². The molecule has 1 aromatic heterocycles. The van der Waals surface area contributed by atoms with Crippen molar-refractivity contribution in [2.75, 3.05) is 5.32 Å². The molecule has 5 aromatic carbocycles. The monoisotopic (exact) mass is 427 g/mol. The number of anilines is 2. The highest BCUT2D eigenvalue weighted by atomic mass is 32.1. The Morgan fingerprint density at radius 1 is 0.500 bits per heavy atom. The summed E-state index contributed by atoms with van der Waals surface area (Å²) in [5.41, 5.74) is 6.04. The van der Waals surface area contributed by atoms with Crippen LogP contribution in [0.4, 0.5) is 11.4 Å². The van der Waals surface area contributed by atoms with Crippen molar-refractivity contribution >= 4 is 43.6 Å². The molecule has 0 aliphatic heterocycles. The molecule has 0 fully saturated rings. The average molecular weight is 428 g/mol. The largest absolute Gasteiger partial charge is 0.355 e. The summed E-state index contributed by atoms with van der Waals surface area (Å²) in [6.45, 7) is 0. The molecule has 0 saturated carbocycles. The van der Waals surface area contributed by atoms with Gasteiger partial charge in [-0.15, -0.1) is 11.3 Å². The summed E-state index contributed by atoms with van der Waals surface area (Å²) in [5, 5.41) is 7.40. The van der Waals surface area contributed by atoms with E-state index in [-0.39, 0.29) is 0 Å². The Balaban J connectivity index is 1.46. The molecule has 1 nitrogen and oxygen atoms in total. The standard InChI is InChI=1S/C30H21NS/c1-3-10-22(11-4-1)29-27-18-17-26(20-28(27)32-30(29)23-12-5-2-6-13-23)31-25-16-15-21-9-7-8-14-24(21)19-25/h1-20,31H. The minimum Gasteiger partial charge on any atom is -0.355 e. The van der Waals surface area contributed by atoms with E-state index in [0.717, 1.165) is 11.4 Å². The zero-order chi connectivity index (χ0) is 21.3. The summed E-state index contributed by atoms with van der Waals surface area (Å²) in [6, 6.07) is 43.1. The topological polar surface area (TPSA) is 12.0 Å². The number of rotatable bonds is 4. The summed E-state index contributed by atoms with van der Waals surface area (Å²) < 4.78 is 1.29.